The van der Waals surface area contributed by atoms with Crippen LogP contribution in [0.15, 0.2) is 42.5 Å². The molecule has 1 aliphatic carbocycles. The molecule has 0 amide bonds. The number of aryl methyl sites for hydroxylation is 2. The Balaban J connectivity index is 1.33. The topological polar surface area (TPSA) is 52.1 Å². The molecule has 4 nitrogen and oxygen atoms in total. The second-order valence-electron chi connectivity index (χ2n) is 9.53. The van der Waals surface area contributed by atoms with Crippen molar-refractivity contribution in [1.82, 2.24) is 14.9 Å². The van der Waals surface area contributed by atoms with Crippen LogP contribution in [0.4, 0.5) is 4.39 Å². The highest BCUT2D eigenvalue weighted by molar-refractivity contribution is 5.74. The van der Waals surface area contributed by atoms with Gasteiger partial charge in [-0.1, -0.05) is 32.0 Å². The molecule has 0 unspecified atom stereocenters. The summed E-state index contributed by atoms with van der Waals surface area (Å²) in [7, 11) is 2.12. The maximum atomic E-state index is 13.7. The zero-order chi connectivity index (χ0) is 22.0. The maximum absolute atomic E-state index is 13.7. The van der Waals surface area contributed by atoms with Gasteiger partial charge in [0.25, 0.3) is 0 Å². The molecule has 0 radical (unpaired) electrons. The summed E-state index contributed by atoms with van der Waals surface area (Å²) in [6.45, 7) is 6.12. The minimum absolute atomic E-state index is 0.0424. The zero-order valence-corrected chi connectivity index (χ0v) is 18.9. The average Bonchev–Trinajstić information content (AvgIpc) is 3.15. The van der Waals surface area contributed by atoms with Crippen molar-refractivity contribution in [3.63, 3.8) is 0 Å². The number of para-hydroxylation sites is 2. The SMILES string of the molecule is CC(C)[C@H]1c2ccc(F)cc2CC[C@]1(O)CCN(C)CCCc1nc2ccccc2[nH]1. The van der Waals surface area contributed by atoms with E-state index in [1.165, 1.54) is 6.07 Å². The van der Waals surface area contributed by atoms with E-state index in [2.05, 4.69) is 41.8 Å². The quantitative estimate of drug-likeness (QED) is 0.532. The highest BCUT2D eigenvalue weighted by Gasteiger charge is 2.43. The number of aromatic amines is 1. The Morgan fingerprint density at radius 1 is 1.23 bits per heavy atom. The van der Waals surface area contributed by atoms with Gasteiger partial charge < -0.3 is 15.0 Å². The molecule has 1 aliphatic rings. The summed E-state index contributed by atoms with van der Waals surface area (Å²) < 4.78 is 13.7. The lowest BCUT2D eigenvalue weighted by molar-refractivity contribution is -0.0301. The molecule has 0 bridgehead atoms. The van der Waals surface area contributed by atoms with Crippen molar-refractivity contribution < 1.29 is 9.50 Å². The predicted molar refractivity (Wildman–Crippen MR) is 124 cm³/mol. The van der Waals surface area contributed by atoms with Crippen molar-refractivity contribution in [2.24, 2.45) is 5.92 Å². The summed E-state index contributed by atoms with van der Waals surface area (Å²) in [6.07, 6.45) is 4.09. The number of aromatic nitrogens is 2. The van der Waals surface area contributed by atoms with Gasteiger partial charge >= 0.3 is 0 Å². The van der Waals surface area contributed by atoms with Crippen LogP contribution >= 0.6 is 0 Å². The highest BCUT2D eigenvalue weighted by atomic mass is 19.1. The number of halogens is 1. The number of hydrogen-bond donors (Lipinski definition) is 2. The van der Waals surface area contributed by atoms with E-state index in [-0.39, 0.29) is 11.7 Å². The monoisotopic (exact) mass is 423 g/mol. The molecule has 2 atom stereocenters. The van der Waals surface area contributed by atoms with Crippen molar-refractivity contribution >= 4 is 11.0 Å². The number of hydrogen-bond acceptors (Lipinski definition) is 3. The fraction of sp³-hybridized carbons (Fsp3) is 0.500. The summed E-state index contributed by atoms with van der Waals surface area (Å²) in [4.78, 5) is 10.4. The number of imidazole rings is 1. The fourth-order valence-electron chi connectivity index (χ4n) is 5.29. The van der Waals surface area contributed by atoms with E-state index >= 15 is 0 Å². The second kappa shape index (κ2) is 9.09. The first-order valence-corrected chi connectivity index (χ1v) is 11.5. The second-order valence-corrected chi connectivity index (χ2v) is 9.53. The molecular formula is C26H34FN3O. The number of H-pyrrole nitrogens is 1. The van der Waals surface area contributed by atoms with Crippen molar-refractivity contribution in [1.29, 1.82) is 0 Å². The standard InChI is InChI=1S/C26H34FN3O/c1-18(2)25-21-11-10-20(27)17-19(21)12-13-26(25,31)14-16-30(3)15-6-9-24-28-22-7-4-5-8-23(22)29-24/h4-5,7-8,10-11,17-18,25,31H,6,9,12-16H2,1-3H3,(H,28,29)/t25-,26-/m0/s1. The summed E-state index contributed by atoms with van der Waals surface area (Å²) in [5, 5.41) is 11.6. The molecule has 166 valence electrons. The third-order valence-electron chi connectivity index (χ3n) is 6.83. The minimum Gasteiger partial charge on any atom is -0.389 e. The average molecular weight is 424 g/mol. The van der Waals surface area contributed by atoms with Gasteiger partial charge in [0, 0.05) is 18.9 Å². The molecule has 0 spiro atoms. The van der Waals surface area contributed by atoms with Crippen LogP contribution < -0.4 is 0 Å². The van der Waals surface area contributed by atoms with Crippen LogP contribution in [0.5, 0.6) is 0 Å². The van der Waals surface area contributed by atoms with Gasteiger partial charge in [-0.05, 0) is 80.6 Å². The number of aliphatic hydroxyl groups is 1. The minimum atomic E-state index is -0.744. The molecule has 0 fully saturated rings. The molecule has 1 aromatic heterocycles. The molecule has 0 saturated carbocycles. The zero-order valence-electron chi connectivity index (χ0n) is 18.9. The Morgan fingerprint density at radius 3 is 2.81 bits per heavy atom. The van der Waals surface area contributed by atoms with E-state index in [1.54, 1.807) is 6.07 Å². The molecule has 1 heterocycles. The van der Waals surface area contributed by atoms with Crippen LogP contribution in [-0.2, 0) is 12.8 Å². The number of nitrogens with one attached hydrogen (secondary N) is 1. The third kappa shape index (κ3) is 4.83. The summed E-state index contributed by atoms with van der Waals surface area (Å²) in [5.41, 5.74) is 3.54. The molecule has 5 heteroatoms. The van der Waals surface area contributed by atoms with Gasteiger partial charge in [0.05, 0.1) is 16.6 Å². The molecule has 4 rings (SSSR count). The Labute approximate surface area is 184 Å². The van der Waals surface area contributed by atoms with Crippen LogP contribution in [0.3, 0.4) is 0 Å². The van der Waals surface area contributed by atoms with Crippen LogP contribution in [-0.4, -0.2) is 45.7 Å². The first-order valence-electron chi connectivity index (χ1n) is 11.5. The number of rotatable bonds is 8. The fourth-order valence-corrected chi connectivity index (χ4v) is 5.29. The number of fused-ring (bicyclic) bond motifs is 2. The molecule has 0 saturated heterocycles. The Hall–Kier alpha value is -2.24. The van der Waals surface area contributed by atoms with E-state index in [0.717, 1.165) is 66.8 Å². The first-order chi connectivity index (χ1) is 14.9. The normalized spacial score (nSPS) is 21.2. The Bertz CT molecular complexity index is 997. The van der Waals surface area contributed by atoms with Gasteiger partial charge in [0.2, 0.25) is 0 Å². The molecule has 2 N–H and O–H groups in total. The van der Waals surface area contributed by atoms with Gasteiger partial charge in [-0.25, -0.2) is 9.37 Å². The number of nitrogens with zero attached hydrogens (tertiary/aromatic N) is 2. The Kier molecular flexibility index (Phi) is 6.44. The van der Waals surface area contributed by atoms with E-state index in [1.807, 2.05) is 24.3 Å². The maximum Gasteiger partial charge on any atom is 0.123 e. The summed E-state index contributed by atoms with van der Waals surface area (Å²) in [6, 6.07) is 13.2. The lowest BCUT2D eigenvalue weighted by Gasteiger charge is -2.44. The van der Waals surface area contributed by atoms with Gasteiger partial charge in [-0.3, -0.25) is 0 Å². The molecule has 0 aliphatic heterocycles. The van der Waals surface area contributed by atoms with E-state index in [0.29, 0.717) is 12.3 Å². The van der Waals surface area contributed by atoms with E-state index in [9.17, 15) is 9.50 Å². The molecular weight excluding hydrogens is 389 g/mol. The van der Waals surface area contributed by atoms with Gasteiger partial charge in [0.15, 0.2) is 0 Å². The third-order valence-corrected chi connectivity index (χ3v) is 6.83. The summed E-state index contributed by atoms with van der Waals surface area (Å²) in [5.74, 6) is 1.19. The van der Waals surface area contributed by atoms with Crippen LogP contribution in [0.1, 0.15) is 56.0 Å². The van der Waals surface area contributed by atoms with Crippen LogP contribution in [0.2, 0.25) is 0 Å². The largest absolute Gasteiger partial charge is 0.389 e. The molecule has 31 heavy (non-hydrogen) atoms. The van der Waals surface area contributed by atoms with Crippen molar-refractivity contribution in [2.45, 2.75) is 57.5 Å². The smallest absolute Gasteiger partial charge is 0.123 e. The van der Waals surface area contributed by atoms with Gasteiger partial charge in [0.1, 0.15) is 11.6 Å². The van der Waals surface area contributed by atoms with Crippen LogP contribution in [0, 0.1) is 11.7 Å². The predicted octanol–water partition coefficient (Wildman–Crippen LogP) is 5.07. The van der Waals surface area contributed by atoms with E-state index in [4.69, 9.17) is 0 Å². The Morgan fingerprint density at radius 2 is 2.03 bits per heavy atom. The van der Waals surface area contributed by atoms with Gasteiger partial charge in [-0.2, -0.15) is 0 Å². The van der Waals surface area contributed by atoms with E-state index < -0.39 is 5.60 Å². The van der Waals surface area contributed by atoms with Crippen molar-refractivity contribution in [2.75, 3.05) is 20.1 Å². The van der Waals surface area contributed by atoms with Crippen molar-refractivity contribution in [3.8, 4) is 0 Å². The van der Waals surface area contributed by atoms with Gasteiger partial charge in [-0.15, -0.1) is 0 Å². The van der Waals surface area contributed by atoms with Crippen LogP contribution in [0.25, 0.3) is 11.0 Å². The highest BCUT2D eigenvalue weighted by Crippen LogP contribution is 2.45. The summed E-state index contributed by atoms with van der Waals surface area (Å²) >= 11 is 0. The molecule has 3 aromatic rings. The lowest BCUT2D eigenvalue weighted by Crippen LogP contribution is -2.45. The number of benzene rings is 2. The van der Waals surface area contributed by atoms with Crippen molar-refractivity contribution in [3.05, 3.63) is 65.2 Å². The molecule has 2 aromatic carbocycles. The first kappa shape index (κ1) is 22.0. The lowest BCUT2D eigenvalue weighted by atomic mass is 9.66.